The zero-order valence-corrected chi connectivity index (χ0v) is 12.7. The van der Waals surface area contributed by atoms with Crippen LogP contribution in [0.4, 0.5) is 0 Å². The van der Waals surface area contributed by atoms with E-state index >= 15 is 0 Å². The lowest BCUT2D eigenvalue weighted by Gasteiger charge is -2.15. The van der Waals surface area contributed by atoms with E-state index in [0.717, 1.165) is 11.3 Å². The maximum Gasteiger partial charge on any atom is 0.246 e. The van der Waals surface area contributed by atoms with Crippen LogP contribution in [-0.4, -0.2) is 30.6 Å². The third-order valence-electron chi connectivity index (χ3n) is 3.34. The van der Waals surface area contributed by atoms with Crippen LogP contribution in [0.3, 0.4) is 0 Å². The second-order valence-electron chi connectivity index (χ2n) is 4.84. The van der Waals surface area contributed by atoms with Gasteiger partial charge >= 0.3 is 0 Å². The number of nitrogens with two attached hydrogens (primary N) is 1. The van der Waals surface area contributed by atoms with Crippen LogP contribution in [0.1, 0.15) is 30.6 Å². The monoisotopic (exact) mass is 316 g/mol. The number of hydrogen-bond acceptors (Lipinski definition) is 4. The van der Waals surface area contributed by atoms with Crippen LogP contribution in [0, 0.1) is 0 Å². The largest absolute Gasteiger partial charge is 0.367 e. The molecule has 2 heterocycles. The van der Waals surface area contributed by atoms with E-state index in [1.165, 1.54) is 11.3 Å². The lowest BCUT2D eigenvalue weighted by atomic mass is 10.1. The van der Waals surface area contributed by atoms with Crippen LogP contribution in [0.2, 0.25) is 4.34 Å². The smallest absolute Gasteiger partial charge is 0.246 e. The fourth-order valence-corrected chi connectivity index (χ4v) is 3.23. The first-order valence-electron chi connectivity index (χ1n) is 6.45. The number of thiophene rings is 1. The van der Waals surface area contributed by atoms with Crippen LogP contribution < -0.4 is 11.1 Å². The molecular formula is C13H17ClN2O3S. The van der Waals surface area contributed by atoms with Crippen molar-refractivity contribution < 1.29 is 14.3 Å². The Morgan fingerprint density at radius 2 is 2.30 bits per heavy atom. The normalized spacial score (nSPS) is 23.5. The van der Waals surface area contributed by atoms with E-state index in [-0.39, 0.29) is 17.9 Å². The summed E-state index contributed by atoms with van der Waals surface area (Å²) in [5.74, 6) is -0.768. The first-order chi connectivity index (χ1) is 9.47. The SMILES string of the molecule is C[C@H](C(=O)NC[C@H]1CC[C@@H](C(N)=O)O1)c1ccc(Cl)s1. The number of halogens is 1. The molecular weight excluding hydrogens is 300 g/mol. The van der Waals surface area contributed by atoms with E-state index in [1.54, 1.807) is 6.07 Å². The van der Waals surface area contributed by atoms with Gasteiger partial charge < -0.3 is 15.8 Å². The van der Waals surface area contributed by atoms with Crippen LogP contribution in [0.25, 0.3) is 0 Å². The number of nitrogens with one attached hydrogen (secondary N) is 1. The molecule has 3 atom stereocenters. The van der Waals surface area contributed by atoms with Crippen LogP contribution >= 0.6 is 22.9 Å². The highest BCUT2D eigenvalue weighted by atomic mass is 35.5. The predicted molar refractivity (Wildman–Crippen MR) is 77.8 cm³/mol. The van der Waals surface area contributed by atoms with Gasteiger partial charge in [-0.15, -0.1) is 11.3 Å². The summed E-state index contributed by atoms with van der Waals surface area (Å²) in [4.78, 5) is 23.9. The van der Waals surface area contributed by atoms with Gasteiger partial charge in [-0.3, -0.25) is 9.59 Å². The zero-order chi connectivity index (χ0) is 14.7. The molecule has 0 unspecified atom stereocenters. The number of amides is 2. The molecule has 5 nitrogen and oxygen atoms in total. The lowest BCUT2D eigenvalue weighted by Crippen LogP contribution is -2.36. The molecule has 1 aromatic rings. The average molecular weight is 317 g/mol. The predicted octanol–water partition coefficient (Wildman–Crippen LogP) is 1.65. The molecule has 1 aliphatic rings. The molecule has 2 rings (SSSR count). The molecule has 3 N–H and O–H groups in total. The zero-order valence-electron chi connectivity index (χ0n) is 11.1. The Bertz CT molecular complexity index is 506. The Labute approximate surface area is 126 Å². The molecule has 0 spiro atoms. The van der Waals surface area contributed by atoms with Crippen molar-refractivity contribution in [3.63, 3.8) is 0 Å². The van der Waals surface area contributed by atoms with Crippen molar-refractivity contribution in [3.8, 4) is 0 Å². The van der Waals surface area contributed by atoms with Crippen molar-refractivity contribution in [2.75, 3.05) is 6.54 Å². The standard InChI is InChI=1S/C13H17ClN2O3S/c1-7(10-4-5-11(14)20-10)13(18)16-6-8-2-3-9(19-8)12(15)17/h4-5,7-9H,2-3,6H2,1H3,(H2,15,17)(H,16,18)/t7-,8+,9-/m0/s1. The van der Waals surface area contributed by atoms with Crippen molar-refractivity contribution in [2.24, 2.45) is 5.73 Å². The number of hydrogen-bond donors (Lipinski definition) is 2. The molecule has 0 radical (unpaired) electrons. The number of carbonyl (C=O) groups is 2. The van der Waals surface area contributed by atoms with E-state index in [1.807, 2.05) is 13.0 Å². The van der Waals surface area contributed by atoms with Crippen molar-refractivity contribution >= 4 is 34.8 Å². The van der Waals surface area contributed by atoms with Gasteiger partial charge in [0.2, 0.25) is 11.8 Å². The van der Waals surface area contributed by atoms with Gasteiger partial charge in [0.1, 0.15) is 6.10 Å². The maximum absolute atomic E-state index is 12.0. The average Bonchev–Trinajstić information content (AvgIpc) is 3.03. The first-order valence-corrected chi connectivity index (χ1v) is 7.64. The topological polar surface area (TPSA) is 81.4 Å². The third kappa shape index (κ3) is 3.71. The molecule has 0 bridgehead atoms. The lowest BCUT2D eigenvalue weighted by molar-refractivity contribution is -0.128. The summed E-state index contributed by atoms with van der Waals surface area (Å²) in [6, 6.07) is 3.63. The summed E-state index contributed by atoms with van der Waals surface area (Å²) in [7, 11) is 0. The second kappa shape index (κ2) is 6.56. The fourth-order valence-electron chi connectivity index (χ4n) is 2.12. The number of primary amides is 1. The van der Waals surface area contributed by atoms with E-state index in [4.69, 9.17) is 22.1 Å². The van der Waals surface area contributed by atoms with Crippen molar-refractivity contribution in [1.82, 2.24) is 5.32 Å². The Balaban J connectivity index is 1.79. The molecule has 0 saturated carbocycles. The molecule has 0 aliphatic carbocycles. The van der Waals surface area contributed by atoms with Gasteiger partial charge in [-0.1, -0.05) is 11.6 Å². The molecule has 2 amide bonds. The molecule has 20 heavy (non-hydrogen) atoms. The van der Waals surface area contributed by atoms with Gasteiger partial charge in [-0.2, -0.15) is 0 Å². The minimum atomic E-state index is -0.523. The quantitative estimate of drug-likeness (QED) is 0.866. The number of ether oxygens (including phenoxy) is 1. The summed E-state index contributed by atoms with van der Waals surface area (Å²) >= 11 is 7.26. The molecule has 1 aromatic heterocycles. The van der Waals surface area contributed by atoms with Gasteiger partial charge in [0.15, 0.2) is 0 Å². The van der Waals surface area contributed by atoms with Crippen molar-refractivity contribution in [2.45, 2.75) is 37.9 Å². The summed E-state index contributed by atoms with van der Waals surface area (Å²) in [6.07, 6.45) is 0.681. The van der Waals surface area contributed by atoms with Crippen molar-refractivity contribution in [3.05, 3.63) is 21.3 Å². The van der Waals surface area contributed by atoms with E-state index < -0.39 is 12.0 Å². The van der Waals surface area contributed by atoms with E-state index in [0.29, 0.717) is 17.3 Å². The molecule has 1 saturated heterocycles. The molecule has 0 aromatic carbocycles. The first kappa shape index (κ1) is 15.3. The molecule has 7 heteroatoms. The summed E-state index contributed by atoms with van der Waals surface area (Å²) in [5, 5.41) is 2.84. The Morgan fingerprint density at radius 1 is 1.55 bits per heavy atom. The minimum absolute atomic E-state index is 0.0744. The Morgan fingerprint density at radius 3 is 2.85 bits per heavy atom. The van der Waals surface area contributed by atoms with Crippen LogP contribution in [0.5, 0.6) is 0 Å². The third-order valence-corrected chi connectivity index (χ3v) is 4.76. The maximum atomic E-state index is 12.0. The van der Waals surface area contributed by atoms with Gasteiger partial charge in [-0.25, -0.2) is 0 Å². The van der Waals surface area contributed by atoms with Crippen LogP contribution in [-0.2, 0) is 14.3 Å². The number of rotatable bonds is 5. The Hall–Kier alpha value is -1.11. The summed E-state index contributed by atoms with van der Waals surface area (Å²) < 4.78 is 6.12. The second-order valence-corrected chi connectivity index (χ2v) is 6.58. The molecule has 110 valence electrons. The summed E-state index contributed by atoms with van der Waals surface area (Å²) in [6.45, 7) is 2.23. The Kier molecular flexibility index (Phi) is 5.01. The fraction of sp³-hybridized carbons (Fsp3) is 0.538. The number of carbonyl (C=O) groups excluding carboxylic acids is 2. The van der Waals surface area contributed by atoms with Crippen molar-refractivity contribution in [1.29, 1.82) is 0 Å². The minimum Gasteiger partial charge on any atom is -0.367 e. The molecule has 1 aliphatic heterocycles. The van der Waals surface area contributed by atoms with Gasteiger partial charge in [0, 0.05) is 11.4 Å². The van der Waals surface area contributed by atoms with E-state index in [9.17, 15) is 9.59 Å². The van der Waals surface area contributed by atoms with Crippen LogP contribution in [0.15, 0.2) is 12.1 Å². The van der Waals surface area contributed by atoms with Gasteiger partial charge in [0.05, 0.1) is 16.4 Å². The highest BCUT2D eigenvalue weighted by Crippen LogP contribution is 2.28. The summed E-state index contributed by atoms with van der Waals surface area (Å²) in [5.41, 5.74) is 5.18. The van der Waals surface area contributed by atoms with Gasteiger partial charge in [-0.05, 0) is 31.9 Å². The highest BCUT2D eigenvalue weighted by Gasteiger charge is 2.29. The molecule has 1 fully saturated rings. The highest BCUT2D eigenvalue weighted by molar-refractivity contribution is 7.16. The van der Waals surface area contributed by atoms with E-state index in [2.05, 4.69) is 5.32 Å². The van der Waals surface area contributed by atoms with Gasteiger partial charge in [0.25, 0.3) is 0 Å².